The Morgan fingerprint density at radius 3 is 1.70 bits per heavy atom. The fourth-order valence-corrected chi connectivity index (χ4v) is 2.00. The molecule has 0 spiro atoms. The van der Waals surface area contributed by atoms with Gasteiger partial charge in [-0.1, -0.05) is 24.3 Å². The number of ether oxygens (including phenoxy) is 1. The molecule has 104 valence electrons. The maximum atomic E-state index is 13.0. The van der Waals surface area contributed by atoms with E-state index in [1.54, 1.807) is 6.92 Å². The monoisotopic (exact) mass is 276 g/mol. The summed E-state index contributed by atoms with van der Waals surface area (Å²) in [6.45, 7) is 1.96. The van der Waals surface area contributed by atoms with Gasteiger partial charge >= 0.3 is 5.97 Å². The van der Waals surface area contributed by atoms with E-state index in [1.807, 2.05) is 0 Å². The zero-order valence-electron chi connectivity index (χ0n) is 11.0. The van der Waals surface area contributed by atoms with Crippen LogP contribution in [0.4, 0.5) is 8.78 Å². The van der Waals surface area contributed by atoms with Crippen LogP contribution in [0, 0.1) is 11.6 Å². The standard InChI is InChI=1S/C16H14F2O2/c1-2-20-16(19)15(11-3-7-13(17)8-4-11)12-5-9-14(18)10-6-12/h3-10,15H,2H2,1H3. The maximum Gasteiger partial charge on any atom is 0.317 e. The number of carbonyl (C=O) groups is 1. The molecule has 0 amide bonds. The zero-order valence-corrected chi connectivity index (χ0v) is 11.0. The van der Waals surface area contributed by atoms with Gasteiger partial charge in [-0.2, -0.15) is 0 Å². The average molecular weight is 276 g/mol. The molecule has 0 fully saturated rings. The van der Waals surface area contributed by atoms with Gasteiger partial charge < -0.3 is 4.74 Å². The third kappa shape index (κ3) is 3.20. The second kappa shape index (κ2) is 6.28. The van der Waals surface area contributed by atoms with E-state index in [1.165, 1.54) is 48.5 Å². The second-order valence-corrected chi connectivity index (χ2v) is 4.29. The first kappa shape index (κ1) is 14.2. The molecule has 20 heavy (non-hydrogen) atoms. The van der Waals surface area contributed by atoms with Gasteiger partial charge in [-0.15, -0.1) is 0 Å². The minimum absolute atomic E-state index is 0.248. The van der Waals surface area contributed by atoms with Crippen LogP contribution in [0.3, 0.4) is 0 Å². The fraction of sp³-hybridized carbons (Fsp3) is 0.188. The van der Waals surface area contributed by atoms with E-state index in [4.69, 9.17) is 4.74 Å². The zero-order chi connectivity index (χ0) is 14.5. The van der Waals surface area contributed by atoms with Gasteiger partial charge in [0.1, 0.15) is 17.6 Å². The summed E-state index contributed by atoms with van der Waals surface area (Å²) < 4.78 is 31.0. The van der Waals surface area contributed by atoms with E-state index in [-0.39, 0.29) is 18.2 Å². The van der Waals surface area contributed by atoms with Crippen molar-refractivity contribution >= 4 is 5.97 Å². The van der Waals surface area contributed by atoms with Gasteiger partial charge in [-0.3, -0.25) is 4.79 Å². The quantitative estimate of drug-likeness (QED) is 0.797. The van der Waals surface area contributed by atoms with Gasteiger partial charge in [0.05, 0.1) is 6.61 Å². The Bertz CT molecular complexity index is 531. The summed E-state index contributed by atoms with van der Waals surface area (Å²) >= 11 is 0. The van der Waals surface area contributed by atoms with Crippen LogP contribution in [0.5, 0.6) is 0 Å². The first-order valence-electron chi connectivity index (χ1n) is 6.29. The molecule has 0 bridgehead atoms. The van der Waals surface area contributed by atoms with Crippen LogP contribution in [-0.4, -0.2) is 12.6 Å². The Labute approximate surface area is 116 Å². The van der Waals surface area contributed by atoms with E-state index in [0.717, 1.165) is 0 Å². The first-order chi connectivity index (χ1) is 9.61. The number of carbonyl (C=O) groups excluding carboxylic acids is 1. The molecular weight excluding hydrogens is 262 g/mol. The molecule has 0 N–H and O–H groups in total. The molecule has 0 aliphatic carbocycles. The normalized spacial score (nSPS) is 10.6. The van der Waals surface area contributed by atoms with E-state index in [0.29, 0.717) is 11.1 Å². The molecule has 2 rings (SSSR count). The van der Waals surface area contributed by atoms with Gasteiger partial charge in [0.25, 0.3) is 0 Å². The SMILES string of the molecule is CCOC(=O)C(c1ccc(F)cc1)c1ccc(F)cc1. The molecule has 0 unspecified atom stereocenters. The molecule has 0 atom stereocenters. The molecule has 0 saturated carbocycles. The van der Waals surface area contributed by atoms with Crippen molar-refractivity contribution in [3.8, 4) is 0 Å². The van der Waals surface area contributed by atoms with Crippen molar-refractivity contribution in [3.05, 3.63) is 71.3 Å². The van der Waals surface area contributed by atoms with Gasteiger partial charge in [0, 0.05) is 0 Å². The van der Waals surface area contributed by atoms with Crippen molar-refractivity contribution < 1.29 is 18.3 Å². The predicted octanol–water partition coefficient (Wildman–Crippen LogP) is 3.66. The number of hydrogen-bond acceptors (Lipinski definition) is 2. The molecule has 0 aliphatic rings. The molecule has 4 heteroatoms. The van der Waals surface area contributed by atoms with Crippen LogP contribution in [0.15, 0.2) is 48.5 Å². The average Bonchev–Trinajstić information content (AvgIpc) is 2.44. The fourth-order valence-electron chi connectivity index (χ4n) is 2.00. The van der Waals surface area contributed by atoms with E-state index in [9.17, 15) is 13.6 Å². The van der Waals surface area contributed by atoms with Crippen LogP contribution in [0.2, 0.25) is 0 Å². The van der Waals surface area contributed by atoms with Crippen LogP contribution in [0.25, 0.3) is 0 Å². The van der Waals surface area contributed by atoms with Crippen LogP contribution >= 0.6 is 0 Å². The van der Waals surface area contributed by atoms with Crippen molar-refractivity contribution in [1.82, 2.24) is 0 Å². The highest BCUT2D eigenvalue weighted by Crippen LogP contribution is 2.26. The summed E-state index contributed by atoms with van der Waals surface area (Å²) in [5.74, 6) is -1.88. The maximum absolute atomic E-state index is 13.0. The number of hydrogen-bond donors (Lipinski definition) is 0. The van der Waals surface area contributed by atoms with Crippen molar-refractivity contribution in [3.63, 3.8) is 0 Å². The summed E-state index contributed by atoms with van der Waals surface area (Å²) in [7, 11) is 0. The second-order valence-electron chi connectivity index (χ2n) is 4.29. The Balaban J connectivity index is 2.41. The largest absolute Gasteiger partial charge is 0.465 e. The minimum atomic E-state index is -0.684. The molecule has 0 radical (unpaired) electrons. The Morgan fingerprint density at radius 2 is 1.35 bits per heavy atom. The third-order valence-corrected chi connectivity index (χ3v) is 2.93. The van der Waals surface area contributed by atoms with E-state index >= 15 is 0 Å². The van der Waals surface area contributed by atoms with Crippen molar-refractivity contribution in [2.45, 2.75) is 12.8 Å². The minimum Gasteiger partial charge on any atom is -0.465 e. The lowest BCUT2D eigenvalue weighted by Crippen LogP contribution is -2.17. The van der Waals surface area contributed by atoms with Crippen LogP contribution in [-0.2, 0) is 9.53 Å². The highest BCUT2D eigenvalue weighted by Gasteiger charge is 2.24. The number of halogens is 2. The molecule has 0 aliphatic heterocycles. The Hall–Kier alpha value is -2.23. The topological polar surface area (TPSA) is 26.3 Å². The molecular formula is C16H14F2O2. The lowest BCUT2D eigenvalue weighted by Gasteiger charge is -2.16. The lowest BCUT2D eigenvalue weighted by molar-refractivity contribution is -0.143. The highest BCUT2D eigenvalue weighted by molar-refractivity contribution is 5.82. The molecule has 0 saturated heterocycles. The third-order valence-electron chi connectivity index (χ3n) is 2.93. The van der Waals surface area contributed by atoms with Crippen LogP contribution < -0.4 is 0 Å². The Kier molecular flexibility index (Phi) is 4.45. The summed E-state index contributed by atoms with van der Waals surface area (Å²) in [4.78, 5) is 12.1. The van der Waals surface area contributed by atoms with Gasteiger partial charge in [-0.05, 0) is 42.3 Å². The molecule has 2 nitrogen and oxygen atoms in total. The van der Waals surface area contributed by atoms with Gasteiger partial charge in [-0.25, -0.2) is 8.78 Å². The van der Waals surface area contributed by atoms with Crippen LogP contribution in [0.1, 0.15) is 24.0 Å². The molecule has 0 heterocycles. The summed E-state index contributed by atoms with van der Waals surface area (Å²) in [6.07, 6.45) is 0. The molecule has 0 aromatic heterocycles. The van der Waals surface area contributed by atoms with E-state index < -0.39 is 11.9 Å². The van der Waals surface area contributed by atoms with Crippen molar-refractivity contribution in [1.29, 1.82) is 0 Å². The molecule has 2 aromatic carbocycles. The number of benzene rings is 2. The van der Waals surface area contributed by atoms with Crippen molar-refractivity contribution in [2.24, 2.45) is 0 Å². The number of esters is 1. The summed E-state index contributed by atoms with van der Waals surface area (Å²) in [5, 5.41) is 0. The van der Waals surface area contributed by atoms with Gasteiger partial charge in [0.15, 0.2) is 0 Å². The molecule has 2 aromatic rings. The van der Waals surface area contributed by atoms with E-state index in [2.05, 4.69) is 0 Å². The Morgan fingerprint density at radius 1 is 0.950 bits per heavy atom. The van der Waals surface area contributed by atoms with Gasteiger partial charge in [0.2, 0.25) is 0 Å². The predicted molar refractivity (Wildman–Crippen MR) is 71.3 cm³/mol. The summed E-state index contributed by atoms with van der Waals surface area (Å²) in [6, 6.07) is 11.2. The highest BCUT2D eigenvalue weighted by atomic mass is 19.1. The first-order valence-corrected chi connectivity index (χ1v) is 6.29. The lowest BCUT2D eigenvalue weighted by atomic mass is 9.91. The smallest absolute Gasteiger partial charge is 0.317 e. The number of rotatable bonds is 4. The van der Waals surface area contributed by atoms with Crippen molar-refractivity contribution in [2.75, 3.05) is 6.61 Å². The summed E-state index contributed by atoms with van der Waals surface area (Å²) in [5.41, 5.74) is 1.22.